The van der Waals surface area contributed by atoms with E-state index in [0.717, 1.165) is 12.0 Å². The van der Waals surface area contributed by atoms with Crippen LogP contribution >= 0.6 is 0 Å². The molecule has 0 saturated heterocycles. The second-order valence-electron chi connectivity index (χ2n) is 3.25. The molecule has 0 saturated carbocycles. The smallest absolute Gasteiger partial charge is 0.201 e. The van der Waals surface area contributed by atoms with Crippen LogP contribution < -0.4 is 0 Å². The lowest BCUT2D eigenvalue weighted by Crippen LogP contribution is -2.11. The first-order valence-electron chi connectivity index (χ1n) is 4.68. The van der Waals surface area contributed by atoms with E-state index in [4.69, 9.17) is 0 Å². The van der Waals surface area contributed by atoms with E-state index < -0.39 is 5.92 Å². The molecule has 0 aromatic heterocycles. The molecule has 0 N–H and O–H groups in total. The lowest BCUT2D eigenvalue weighted by molar-refractivity contribution is -0.000859. The van der Waals surface area contributed by atoms with E-state index in [1.165, 1.54) is 18.2 Å². The first-order chi connectivity index (χ1) is 6.60. The third-order valence-electron chi connectivity index (χ3n) is 2.19. The van der Waals surface area contributed by atoms with Crippen molar-refractivity contribution < 1.29 is 8.78 Å². The lowest BCUT2D eigenvalue weighted by atomic mass is 10.0. The highest BCUT2D eigenvalue weighted by Gasteiger charge is 2.29. The molecule has 0 bridgehead atoms. The normalized spacial score (nSPS) is 11.4. The second kappa shape index (κ2) is 4.36. The van der Waals surface area contributed by atoms with Gasteiger partial charge in [0.05, 0.1) is 0 Å². The van der Waals surface area contributed by atoms with Gasteiger partial charge < -0.3 is 0 Å². The summed E-state index contributed by atoms with van der Waals surface area (Å²) in [6.45, 7) is 5.32. The zero-order chi connectivity index (χ0) is 10.6. The summed E-state index contributed by atoms with van der Waals surface area (Å²) in [6, 6.07) is 6.46. The number of rotatable bonds is 4. The van der Waals surface area contributed by atoms with Crippen LogP contribution in [0.4, 0.5) is 8.78 Å². The summed E-state index contributed by atoms with van der Waals surface area (Å²) >= 11 is 0. The zero-order valence-electron chi connectivity index (χ0n) is 8.26. The predicted molar refractivity (Wildman–Crippen MR) is 54.5 cm³/mol. The monoisotopic (exact) mass is 196 g/mol. The molecule has 1 aromatic carbocycles. The summed E-state index contributed by atoms with van der Waals surface area (Å²) in [5, 5.41) is 0. The van der Waals surface area contributed by atoms with Crippen LogP contribution in [0.3, 0.4) is 0 Å². The molecule has 76 valence electrons. The van der Waals surface area contributed by atoms with Gasteiger partial charge in [-0.15, -0.1) is 6.58 Å². The number of benzene rings is 1. The Morgan fingerprint density at radius 3 is 2.29 bits per heavy atom. The van der Waals surface area contributed by atoms with Gasteiger partial charge in [-0.3, -0.25) is 0 Å². The van der Waals surface area contributed by atoms with Crippen molar-refractivity contribution in [2.45, 2.75) is 25.7 Å². The standard InChI is InChI=1S/C12H14F2/c1-3-9-12(13,14)11-7-5-10(4-2)6-8-11/h3,5-8H,1,4,9H2,2H3. The molecule has 1 aromatic rings. The van der Waals surface area contributed by atoms with E-state index in [1.807, 2.05) is 6.92 Å². The minimum atomic E-state index is -2.78. The van der Waals surface area contributed by atoms with Gasteiger partial charge in [-0.05, 0) is 12.0 Å². The van der Waals surface area contributed by atoms with E-state index in [1.54, 1.807) is 12.1 Å². The summed E-state index contributed by atoms with van der Waals surface area (Å²) in [7, 11) is 0. The van der Waals surface area contributed by atoms with Crippen molar-refractivity contribution in [3.05, 3.63) is 48.0 Å². The van der Waals surface area contributed by atoms with Crippen molar-refractivity contribution in [3.8, 4) is 0 Å². The van der Waals surface area contributed by atoms with E-state index >= 15 is 0 Å². The van der Waals surface area contributed by atoms with Crippen molar-refractivity contribution in [3.63, 3.8) is 0 Å². The summed E-state index contributed by atoms with van der Waals surface area (Å²) < 4.78 is 26.6. The van der Waals surface area contributed by atoms with Gasteiger partial charge in [0.2, 0.25) is 0 Å². The molecule has 0 radical (unpaired) electrons. The molecule has 0 amide bonds. The number of alkyl halides is 2. The Balaban J connectivity index is 2.90. The molecule has 0 aliphatic rings. The minimum absolute atomic E-state index is 0.0644. The molecule has 14 heavy (non-hydrogen) atoms. The molecule has 0 heterocycles. The zero-order valence-corrected chi connectivity index (χ0v) is 8.26. The first-order valence-corrected chi connectivity index (χ1v) is 4.68. The average molecular weight is 196 g/mol. The fourth-order valence-corrected chi connectivity index (χ4v) is 1.28. The highest BCUT2D eigenvalue weighted by Crippen LogP contribution is 2.31. The average Bonchev–Trinajstić information content (AvgIpc) is 2.18. The molecular formula is C12H14F2. The van der Waals surface area contributed by atoms with Crippen LogP contribution in [0.15, 0.2) is 36.9 Å². The van der Waals surface area contributed by atoms with E-state index in [0.29, 0.717) is 0 Å². The number of halogens is 2. The molecule has 0 spiro atoms. The molecule has 0 fully saturated rings. The topological polar surface area (TPSA) is 0 Å². The van der Waals surface area contributed by atoms with E-state index in [9.17, 15) is 8.78 Å². The maximum Gasteiger partial charge on any atom is 0.276 e. The fraction of sp³-hybridized carbons (Fsp3) is 0.333. The van der Waals surface area contributed by atoms with Crippen molar-refractivity contribution in [2.75, 3.05) is 0 Å². The maximum atomic E-state index is 13.3. The summed E-state index contributed by atoms with van der Waals surface area (Å²) in [5.74, 6) is -2.78. The van der Waals surface area contributed by atoms with Crippen LogP contribution in [0.1, 0.15) is 24.5 Å². The Hall–Kier alpha value is -1.18. The summed E-state index contributed by atoms with van der Waals surface area (Å²) in [6.07, 6.45) is 1.81. The largest absolute Gasteiger partial charge is 0.276 e. The van der Waals surface area contributed by atoms with Gasteiger partial charge in [0, 0.05) is 12.0 Å². The Morgan fingerprint density at radius 1 is 1.29 bits per heavy atom. The Bertz CT molecular complexity index is 299. The van der Waals surface area contributed by atoms with Gasteiger partial charge in [-0.25, -0.2) is 8.78 Å². The van der Waals surface area contributed by atoms with Crippen LogP contribution in [-0.2, 0) is 12.3 Å². The molecule has 0 unspecified atom stereocenters. The van der Waals surface area contributed by atoms with Gasteiger partial charge in [0.25, 0.3) is 5.92 Å². The maximum absolute atomic E-state index is 13.3. The van der Waals surface area contributed by atoms with Crippen molar-refractivity contribution >= 4 is 0 Å². The third kappa shape index (κ3) is 2.41. The summed E-state index contributed by atoms with van der Waals surface area (Å²) in [5.41, 5.74) is 1.14. The van der Waals surface area contributed by atoms with Crippen molar-refractivity contribution in [1.82, 2.24) is 0 Å². The van der Waals surface area contributed by atoms with Crippen LogP contribution in [0, 0.1) is 0 Å². The number of allylic oxidation sites excluding steroid dienone is 1. The lowest BCUT2D eigenvalue weighted by Gasteiger charge is -2.14. The molecule has 1 rings (SSSR count). The SMILES string of the molecule is C=CCC(F)(F)c1ccc(CC)cc1. The fourth-order valence-electron chi connectivity index (χ4n) is 1.28. The Labute approximate surface area is 83.3 Å². The molecule has 0 aliphatic carbocycles. The van der Waals surface area contributed by atoms with Crippen LogP contribution in [0.5, 0.6) is 0 Å². The van der Waals surface area contributed by atoms with Crippen LogP contribution in [0.25, 0.3) is 0 Å². The number of hydrogen-bond donors (Lipinski definition) is 0. The van der Waals surface area contributed by atoms with Gasteiger partial charge in [0.1, 0.15) is 0 Å². The number of aryl methyl sites for hydroxylation is 1. The molecule has 0 aliphatic heterocycles. The van der Waals surface area contributed by atoms with Gasteiger partial charge in [-0.2, -0.15) is 0 Å². The van der Waals surface area contributed by atoms with E-state index in [2.05, 4.69) is 6.58 Å². The highest BCUT2D eigenvalue weighted by molar-refractivity contribution is 5.26. The Kier molecular flexibility index (Phi) is 3.39. The first kappa shape index (κ1) is 10.9. The Morgan fingerprint density at radius 2 is 1.86 bits per heavy atom. The van der Waals surface area contributed by atoms with Crippen molar-refractivity contribution in [1.29, 1.82) is 0 Å². The quantitative estimate of drug-likeness (QED) is 0.640. The van der Waals surface area contributed by atoms with Gasteiger partial charge in [0.15, 0.2) is 0 Å². The summed E-state index contributed by atoms with van der Waals surface area (Å²) in [4.78, 5) is 0. The molecular weight excluding hydrogens is 182 g/mol. The minimum Gasteiger partial charge on any atom is -0.201 e. The van der Waals surface area contributed by atoms with Crippen LogP contribution in [0.2, 0.25) is 0 Å². The molecule has 0 atom stereocenters. The highest BCUT2D eigenvalue weighted by atomic mass is 19.3. The number of hydrogen-bond acceptors (Lipinski definition) is 0. The van der Waals surface area contributed by atoms with Crippen molar-refractivity contribution in [2.24, 2.45) is 0 Å². The van der Waals surface area contributed by atoms with Gasteiger partial charge in [-0.1, -0.05) is 37.3 Å². The second-order valence-corrected chi connectivity index (χ2v) is 3.25. The molecule has 2 heteroatoms. The third-order valence-corrected chi connectivity index (χ3v) is 2.19. The van der Waals surface area contributed by atoms with E-state index in [-0.39, 0.29) is 12.0 Å². The molecule has 0 nitrogen and oxygen atoms in total. The predicted octanol–water partition coefficient (Wildman–Crippen LogP) is 3.92. The van der Waals surface area contributed by atoms with Crippen LogP contribution in [-0.4, -0.2) is 0 Å². The van der Waals surface area contributed by atoms with Gasteiger partial charge >= 0.3 is 0 Å².